The number of methoxy groups -OCH3 is 1. The molecule has 18 heavy (non-hydrogen) atoms. The van der Waals surface area contributed by atoms with Crippen molar-refractivity contribution >= 4 is 27.5 Å². The molecule has 0 saturated carbocycles. The SMILES string of the molecule is COc1ccc(OCc2cnc(Cl)cn2)c(Br)c1. The maximum absolute atomic E-state index is 5.65. The predicted octanol–water partition coefficient (Wildman–Crippen LogP) is 3.48. The fourth-order valence-electron chi connectivity index (χ4n) is 1.29. The zero-order valence-electron chi connectivity index (χ0n) is 9.56. The molecule has 0 saturated heterocycles. The van der Waals surface area contributed by atoms with Crippen molar-refractivity contribution in [2.75, 3.05) is 7.11 Å². The van der Waals surface area contributed by atoms with E-state index < -0.39 is 0 Å². The Morgan fingerprint density at radius 3 is 2.72 bits per heavy atom. The van der Waals surface area contributed by atoms with Gasteiger partial charge >= 0.3 is 0 Å². The van der Waals surface area contributed by atoms with E-state index in [0.29, 0.717) is 23.2 Å². The van der Waals surface area contributed by atoms with Crippen LogP contribution in [0, 0.1) is 0 Å². The molecule has 0 aliphatic carbocycles. The molecule has 0 atom stereocenters. The van der Waals surface area contributed by atoms with Gasteiger partial charge in [0.05, 0.1) is 29.7 Å². The van der Waals surface area contributed by atoms with E-state index in [1.54, 1.807) is 13.3 Å². The fourth-order valence-corrected chi connectivity index (χ4v) is 1.86. The predicted molar refractivity (Wildman–Crippen MR) is 72.1 cm³/mol. The molecule has 0 aliphatic rings. The van der Waals surface area contributed by atoms with Crippen LogP contribution in [0.1, 0.15) is 5.69 Å². The van der Waals surface area contributed by atoms with Crippen LogP contribution in [-0.2, 0) is 6.61 Å². The summed E-state index contributed by atoms with van der Waals surface area (Å²) in [6.07, 6.45) is 3.07. The minimum absolute atomic E-state index is 0.328. The summed E-state index contributed by atoms with van der Waals surface area (Å²) in [6, 6.07) is 5.49. The number of rotatable bonds is 4. The number of hydrogen-bond acceptors (Lipinski definition) is 4. The first-order chi connectivity index (χ1) is 8.69. The molecule has 6 heteroatoms. The number of aromatic nitrogens is 2. The number of hydrogen-bond donors (Lipinski definition) is 0. The largest absolute Gasteiger partial charge is 0.497 e. The van der Waals surface area contributed by atoms with Crippen LogP contribution in [0.2, 0.25) is 5.15 Å². The molecule has 0 N–H and O–H groups in total. The molecule has 0 radical (unpaired) electrons. The minimum atomic E-state index is 0.328. The molecule has 2 rings (SSSR count). The Labute approximate surface area is 118 Å². The van der Waals surface area contributed by atoms with Gasteiger partial charge in [-0.05, 0) is 34.1 Å². The molecule has 1 aromatic heterocycles. The van der Waals surface area contributed by atoms with Crippen molar-refractivity contribution < 1.29 is 9.47 Å². The summed E-state index contributed by atoms with van der Waals surface area (Å²) in [5.41, 5.74) is 0.710. The van der Waals surface area contributed by atoms with Crippen LogP contribution >= 0.6 is 27.5 Å². The third-order valence-electron chi connectivity index (χ3n) is 2.19. The van der Waals surface area contributed by atoms with Crippen LogP contribution < -0.4 is 9.47 Å². The van der Waals surface area contributed by atoms with Gasteiger partial charge in [-0.2, -0.15) is 0 Å². The van der Waals surface area contributed by atoms with E-state index in [0.717, 1.165) is 10.2 Å². The lowest BCUT2D eigenvalue weighted by Crippen LogP contribution is -1.99. The van der Waals surface area contributed by atoms with E-state index >= 15 is 0 Å². The van der Waals surface area contributed by atoms with Crippen LogP contribution in [0.5, 0.6) is 11.5 Å². The topological polar surface area (TPSA) is 44.2 Å². The molecule has 1 aromatic carbocycles. The lowest BCUT2D eigenvalue weighted by molar-refractivity contribution is 0.298. The molecule has 0 fully saturated rings. The van der Waals surface area contributed by atoms with E-state index in [4.69, 9.17) is 21.1 Å². The Kier molecular flexibility index (Phi) is 4.38. The van der Waals surface area contributed by atoms with E-state index in [1.165, 1.54) is 6.20 Å². The highest BCUT2D eigenvalue weighted by molar-refractivity contribution is 9.10. The molecule has 94 valence electrons. The number of benzene rings is 1. The lowest BCUT2D eigenvalue weighted by atomic mass is 10.3. The van der Waals surface area contributed by atoms with Gasteiger partial charge in [-0.15, -0.1) is 0 Å². The molecule has 4 nitrogen and oxygen atoms in total. The molecule has 0 amide bonds. The molecule has 0 spiro atoms. The molecule has 0 bridgehead atoms. The maximum Gasteiger partial charge on any atom is 0.147 e. The maximum atomic E-state index is 5.65. The van der Waals surface area contributed by atoms with E-state index in [1.807, 2.05) is 18.2 Å². The molecule has 0 unspecified atom stereocenters. The third kappa shape index (κ3) is 3.34. The smallest absolute Gasteiger partial charge is 0.147 e. The average Bonchev–Trinajstić information content (AvgIpc) is 2.39. The average molecular weight is 330 g/mol. The van der Waals surface area contributed by atoms with Gasteiger partial charge in [0.15, 0.2) is 0 Å². The molecular formula is C12H10BrClN2O2. The first-order valence-corrected chi connectivity index (χ1v) is 6.29. The molecule has 1 heterocycles. The number of nitrogens with zero attached hydrogens (tertiary/aromatic N) is 2. The van der Waals surface area contributed by atoms with Crippen LogP contribution in [0.15, 0.2) is 35.1 Å². The highest BCUT2D eigenvalue weighted by Crippen LogP contribution is 2.29. The number of ether oxygens (including phenoxy) is 2. The van der Waals surface area contributed by atoms with Crippen molar-refractivity contribution in [3.63, 3.8) is 0 Å². The van der Waals surface area contributed by atoms with Gasteiger partial charge in [-0.1, -0.05) is 11.6 Å². The summed E-state index contributed by atoms with van der Waals surface area (Å²) < 4.78 is 11.5. The van der Waals surface area contributed by atoms with E-state index in [9.17, 15) is 0 Å². The third-order valence-corrected chi connectivity index (χ3v) is 3.00. The van der Waals surface area contributed by atoms with Crippen molar-refractivity contribution in [3.05, 3.63) is 45.9 Å². The van der Waals surface area contributed by atoms with Crippen LogP contribution in [-0.4, -0.2) is 17.1 Å². The van der Waals surface area contributed by atoms with Gasteiger partial charge in [-0.25, -0.2) is 4.98 Å². The number of halogens is 2. The first-order valence-electron chi connectivity index (χ1n) is 5.12. The van der Waals surface area contributed by atoms with Gasteiger partial charge < -0.3 is 9.47 Å². The minimum Gasteiger partial charge on any atom is -0.497 e. The van der Waals surface area contributed by atoms with Crippen LogP contribution in [0.4, 0.5) is 0 Å². The summed E-state index contributed by atoms with van der Waals surface area (Å²) in [6.45, 7) is 0.328. The Bertz CT molecular complexity index is 534. The summed E-state index contributed by atoms with van der Waals surface area (Å²) in [4.78, 5) is 8.03. The molecule has 2 aromatic rings. The second-order valence-electron chi connectivity index (χ2n) is 3.42. The molecular weight excluding hydrogens is 320 g/mol. The fraction of sp³-hybridized carbons (Fsp3) is 0.167. The quantitative estimate of drug-likeness (QED) is 0.861. The van der Waals surface area contributed by atoms with Crippen molar-refractivity contribution in [1.82, 2.24) is 9.97 Å². The van der Waals surface area contributed by atoms with Gasteiger partial charge in [0.1, 0.15) is 23.3 Å². The van der Waals surface area contributed by atoms with Gasteiger partial charge in [0.2, 0.25) is 0 Å². The molecule has 0 aliphatic heterocycles. The Balaban J connectivity index is 2.04. The van der Waals surface area contributed by atoms with Crippen LogP contribution in [0.3, 0.4) is 0 Å². The Morgan fingerprint density at radius 2 is 2.11 bits per heavy atom. The van der Waals surface area contributed by atoms with Gasteiger partial charge in [-0.3, -0.25) is 4.98 Å². The normalized spacial score (nSPS) is 10.2. The van der Waals surface area contributed by atoms with Gasteiger partial charge in [0.25, 0.3) is 0 Å². The summed E-state index contributed by atoms with van der Waals surface area (Å²) in [5.74, 6) is 1.48. The Hall–Kier alpha value is -1.33. The summed E-state index contributed by atoms with van der Waals surface area (Å²) in [7, 11) is 1.62. The zero-order valence-corrected chi connectivity index (χ0v) is 11.9. The van der Waals surface area contributed by atoms with Gasteiger partial charge in [0, 0.05) is 0 Å². The van der Waals surface area contributed by atoms with Crippen molar-refractivity contribution in [2.45, 2.75) is 6.61 Å². The zero-order chi connectivity index (χ0) is 13.0. The van der Waals surface area contributed by atoms with Crippen LogP contribution in [0.25, 0.3) is 0 Å². The highest BCUT2D eigenvalue weighted by Gasteiger charge is 2.04. The second-order valence-corrected chi connectivity index (χ2v) is 4.66. The first kappa shape index (κ1) is 13.1. The van der Waals surface area contributed by atoms with Crippen molar-refractivity contribution in [3.8, 4) is 11.5 Å². The lowest BCUT2D eigenvalue weighted by Gasteiger charge is -2.08. The highest BCUT2D eigenvalue weighted by atomic mass is 79.9. The van der Waals surface area contributed by atoms with E-state index in [2.05, 4.69) is 25.9 Å². The van der Waals surface area contributed by atoms with Crippen molar-refractivity contribution in [2.24, 2.45) is 0 Å². The van der Waals surface area contributed by atoms with E-state index in [-0.39, 0.29) is 0 Å². The monoisotopic (exact) mass is 328 g/mol. The second kappa shape index (κ2) is 6.02. The Morgan fingerprint density at radius 1 is 1.28 bits per heavy atom. The standard InChI is InChI=1S/C12H10BrClN2O2/c1-17-9-2-3-11(10(13)4-9)18-7-8-5-16-12(14)6-15-8/h2-6H,7H2,1H3. The van der Waals surface area contributed by atoms with Crippen molar-refractivity contribution in [1.29, 1.82) is 0 Å². The summed E-state index contributed by atoms with van der Waals surface area (Å²) >= 11 is 9.06. The summed E-state index contributed by atoms with van der Waals surface area (Å²) in [5, 5.41) is 0.365.